The van der Waals surface area contributed by atoms with Crippen molar-refractivity contribution >= 4 is 29.9 Å². The molecule has 2 N–H and O–H groups in total. The van der Waals surface area contributed by atoms with E-state index in [1.807, 2.05) is 0 Å². The zero-order valence-corrected chi connectivity index (χ0v) is 17.3. The fourth-order valence-corrected chi connectivity index (χ4v) is 2.26. The topological polar surface area (TPSA) is 54.9 Å². The summed E-state index contributed by atoms with van der Waals surface area (Å²) in [6.45, 7) is 5.22. The summed E-state index contributed by atoms with van der Waals surface area (Å²) in [4.78, 5) is 4.24. The van der Waals surface area contributed by atoms with Gasteiger partial charge in [0.05, 0.1) is 6.61 Å². The van der Waals surface area contributed by atoms with Crippen molar-refractivity contribution in [2.24, 2.45) is 10.9 Å². The van der Waals surface area contributed by atoms with Gasteiger partial charge in [-0.15, -0.1) is 24.0 Å². The number of methoxy groups -OCH3 is 1. The number of nitrogens with one attached hydrogen (secondary N) is 2. The van der Waals surface area contributed by atoms with Gasteiger partial charge in [-0.05, 0) is 43.7 Å². The summed E-state index contributed by atoms with van der Waals surface area (Å²) >= 11 is 0. The molecule has 2 rings (SSSR count). The molecule has 0 spiro atoms. The number of aryl methyl sites for hydroxylation is 1. The molecule has 6 heteroatoms. The molecule has 0 saturated heterocycles. The van der Waals surface area contributed by atoms with Crippen molar-refractivity contribution < 1.29 is 9.47 Å². The number of hydrogen-bond acceptors (Lipinski definition) is 3. The zero-order valence-electron chi connectivity index (χ0n) is 14.9. The maximum atomic E-state index is 6.00. The summed E-state index contributed by atoms with van der Waals surface area (Å²) in [6.07, 6.45) is 3.56. The Morgan fingerprint density at radius 3 is 2.75 bits per heavy atom. The highest BCUT2D eigenvalue weighted by atomic mass is 127. The number of benzene rings is 1. The first-order valence-corrected chi connectivity index (χ1v) is 8.38. The average Bonchev–Trinajstić information content (AvgIpc) is 3.38. The van der Waals surface area contributed by atoms with Crippen LogP contribution in [0.1, 0.15) is 30.4 Å². The summed E-state index contributed by atoms with van der Waals surface area (Å²) < 4.78 is 11.1. The van der Waals surface area contributed by atoms with Gasteiger partial charge in [0.2, 0.25) is 0 Å². The zero-order chi connectivity index (χ0) is 16.5. The maximum absolute atomic E-state index is 6.00. The Balaban J connectivity index is 0.00000288. The van der Waals surface area contributed by atoms with Crippen molar-refractivity contribution in [3.8, 4) is 5.75 Å². The summed E-state index contributed by atoms with van der Waals surface area (Å²) in [5.41, 5.74) is 2.39. The van der Waals surface area contributed by atoms with Gasteiger partial charge in [0.15, 0.2) is 5.96 Å². The lowest BCUT2D eigenvalue weighted by Gasteiger charge is -2.15. The molecule has 1 aromatic rings. The molecule has 5 nitrogen and oxygen atoms in total. The van der Waals surface area contributed by atoms with Crippen LogP contribution in [0.15, 0.2) is 23.2 Å². The highest BCUT2D eigenvalue weighted by Crippen LogP contribution is 2.30. The van der Waals surface area contributed by atoms with Crippen LogP contribution in [0.5, 0.6) is 5.75 Å². The minimum atomic E-state index is 0. The molecule has 0 amide bonds. The Kier molecular flexibility index (Phi) is 10.1. The van der Waals surface area contributed by atoms with Crippen molar-refractivity contribution in [1.29, 1.82) is 0 Å². The Labute approximate surface area is 162 Å². The van der Waals surface area contributed by atoms with Gasteiger partial charge in [0.1, 0.15) is 5.75 Å². The maximum Gasteiger partial charge on any atom is 0.191 e. The van der Waals surface area contributed by atoms with E-state index in [0.29, 0.717) is 6.54 Å². The molecule has 1 aromatic carbocycles. The smallest absolute Gasteiger partial charge is 0.191 e. The van der Waals surface area contributed by atoms with E-state index >= 15 is 0 Å². The Bertz CT molecular complexity index is 519. The standard InChI is InChI=1S/C18H29N3O2.HI/c1-14-5-8-16(17(11-14)23-13-15-6-7-15)12-21-18(19-2)20-9-4-10-22-3;/h5,8,11,15H,4,6-7,9-10,12-13H2,1-3H3,(H2,19,20,21);1H. The third-order valence-corrected chi connectivity index (χ3v) is 3.88. The second-order valence-electron chi connectivity index (χ2n) is 6.06. The Hall–Kier alpha value is -1.02. The number of aliphatic imine (C=N–C) groups is 1. The molecule has 136 valence electrons. The molecule has 0 atom stereocenters. The van der Waals surface area contributed by atoms with Gasteiger partial charge in [0, 0.05) is 39.4 Å². The minimum absolute atomic E-state index is 0. The van der Waals surface area contributed by atoms with Crippen molar-refractivity contribution in [2.45, 2.75) is 32.7 Å². The lowest BCUT2D eigenvalue weighted by atomic mass is 10.1. The number of guanidine groups is 1. The van der Waals surface area contributed by atoms with Crippen LogP contribution in [-0.4, -0.2) is 39.9 Å². The molecule has 1 aliphatic carbocycles. The third-order valence-electron chi connectivity index (χ3n) is 3.88. The molecule has 0 radical (unpaired) electrons. The SMILES string of the molecule is CN=C(NCCCOC)NCc1ccc(C)cc1OCC1CC1.I. The number of nitrogens with zero attached hydrogens (tertiary/aromatic N) is 1. The van der Waals surface area contributed by atoms with Crippen LogP contribution in [0.2, 0.25) is 0 Å². The summed E-state index contributed by atoms with van der Waals surface area (Å²) in [7, 11) is 3.50. The highest BCUT2D eigenvalue weighted by molar-refractivity contribution is 14.0. The van der Waals surface area contributed by atoms with E-state index in [4.69, 9.17) is 9.47 Å². The van der Waals surface area contributed by atoms with Gasteiger partial charge in [-0.1, -0.05) is 12.1 Å². The fraction of sp³-hybridized carbons (Fsp3) is 0.611. The first-order valence-electron chi connectivity index (χ1n) is 8.38. The van der Waals surface area contributed by atoms with Crippen molar-refractivity contribution in [3.05, 3.63) is 29.3 Å². The molecular formula is C18H30IN3O2. The first-order chi connectivity index (χ1) is 11.2. The summed E-state index contributed by atoms with van der Waals surface area (Å²) in [6, 6.07) is 6.37. The number of halogens is 1. The second kappa shape index (κ2) is 11.5. The second-order valence-corrected chi connectivity index (χ2v) is 6.06. The number of ether oxygens (including phenoxy) is 2. The molecule has 24 heavy (non-hydrogen) atoms. The van der Waals surface area contributed by atoms with Gasteiger partial charge in [-0.2, -0.15) is 0 Å². The van der Waals surface area contributed by atoms with Crippen molar-refractivity contribution in [1.82, 2.24) is 10.6 Å². The molecule has 0 aromatic heterocycles. The van der Waals surface area contributed by atoms with E-state index in [1.165, 1.54) is 18.4 Å². The van der Waals surface area contributed by atoms with Crippen molar-refractivity contribution in [2.75, 3.05) is 33.9 Å². The quantitative estimate of drug-likeness (QED) is 0.265. The summed E-state index contributed by atoms with van der Waals surface area (Å²) in [5.74, 6) is 2.54. The van der Waals surface area contributed by atoms with E-state index in [2.05, 4.69) is 40.7 Å². The predicted molar refractivity (Wildman–Crippen MR) is 110 cm³/mol. The van der Waals surface area contributed by atoms with E-state index in [-0.39, 0.29) is 24.0 Å². The number of rotatable bonds is 9. The van der Waals surface area contributed by atoms with E-state index in [0.717, 1.165) is 49.4 Å². The van der Waals surface area contributed by atoms with E-state index < -0.39 is 0 Å². The van der Waals surface area contributed by atoms with Crippen LogP contribution >= 0.6 is 24.0 Å². The minimum Gasteiger partial charge on any atom is -0.493 e. The fourth-order valence-electron chi connectivity index (χ4n) is 2.26. The van der Waals surface area contributed by atoms with Crippen LogP contribution in [0.25, 0.3) is 0 Å². The lowest BCUT2D eigenvalue weighted by Crippen LogP contribution is -2.37. The van der Waals surface area contributed by atoms with Gasteiger partial charge >= 0.3 is 0 Å². The molecule has 1 fully saturated rings. The molecule has 0 bridgehead atoms. The van der Waals surface area contributed by atoms with Crippen LogP contribution in [0, 0.1) is 12.8 Å². The molecular weight excluding hydrogens is 417 g/mol. The van der Waals surface area contributed by atoms with Crippen LogP contribution in [0.3, 0.4) is 0 Å². The third kappa shape index (κ3) is 7.70. The average molecular weight is 447 g/mol. The monoisotopic (exact) mass is 447 g/mol. The molecule has 1 aliphatic rings. The van der Waals surface area contributed by atoms with Crippen molar-refractivity contribution in [3.63, 3.8) is 0 Å². The van der Waals surface area contributed by atoms with Crippen LogP contribution < -0.4 is 15.4 Å². The van der Waals surface area contributed by atoms with E-state index in [9.17, 15) is 0 Å². The normalized spacial score (nSPS) is 14.0. The molecule has 0 unspecified atom stereocenters. The molecule has 1 saturated carbocycles. The Morgan fingerprint density at radius 2 is 2.08 bits per heavy atom. The van der Waals surface area contributed by atoms with Gasteiger partial charge < -0.3 is 20.1 Å². The summed E-state index contributed by atoms with van der Waals surface area (Å²) in [5, 5.41) is 6.63. The van der Waals surface area contributed by atoms with Crippen LogP contribution in [0.4, 0.5) is 0 Å². The highest BCUT2D eigenvalue weighted by Gasteiger charge is 2.22. The Morgan fingerprint density at radius 1 is 1.29 bits per heavy atom. The van der Waals surface area contributed by atoms with Gasteiger partial charge in [-0.3, -0.25) is 4.99 Å². The van der Waals surface area contributed by atoms with Crippen LogP contribution in [-0.2, 0) is 11.3 Å². The predicted octanol–water partition coefficient (Wildman–Crippen LogP) is 3.10. The first kappa shape index (κ1) is 21.0. The lowest BCUT2D eigenvalue weighted by molar-refractivity contribution is 0.195. The molecule has 0 heterocycles. The van der Waals surface area contributed by atoms with Gasteiger partial charge in [0.25, 0.3) is 0 Å². The van der Waals surface area contributed by atoms with Gasteiger partial charge in [-0.25, -0.2) is 0 Å². The molecule has 0 aliphatic heterocycles. The van der Waals surface area contributed by atoms with E-state index in [1.54, 1.807) is 14.2 Å². The number of hydrogen-bond donors (Lipinski definition) is 2. The largest absolute Gasteiger partial charge is 0.493 e.